The molecule has 2 amide bonds. The van der Waals surface area contributed by atoms with Gasteiger partial charge in [-0.15, -0.1) is 0 Å². The van der Waals surface area contributed by atoms with Crippen LogP contribution in [0.1, 0.15) is 5.56 Å². The van der Waals surface area contributed by atoms with Gasteiger partial charge in [-0.25, -0.2) is 4.79 Å². The van der Waals surface area contributed by atoms with E-state index in [1.807, 2.05) is 49.4 Å². The lowest BCUT2D eigenvalue weighted by atomic mass is 10.2. The molecule has 0 bridgehead atoms. The summed E-state index contributed by atoms with van der Waals surface area (Å²) in [5.41, 5.74) is 1.87. The Hall–Kier alpha value is -3.02. The summed E-state index contributed by atoms with van der Waals surface area (Å²) in [7, 11) is 0. The minimum absolute atomic E-state index is 0.0771. The van der Waals surface area contributed by atoms with Gasteiger partial charge in [-0.3, -0.25) is 9.69 Å². The molecule has 0 saturated carbocycles. The van der Waals surface area contributed by atoms with Crippen molar-refractivity contribution >= 4 is 17.7 Å². The second kappa shape index (κ2) is 7.70. The molecule has 0 aliphatic carbocycles. The Morgan fingerprint density at radius 2 is 2.04 bits per heavy atom. The zero-order chi connectivity index (χ0) is 17.6. The van der Waals surface area contributed by atoms with Crippen molar-refractivity contribution in [2.45, 2.75) is 13.0 Å². The smallest absolute Gasteiger partial charge is 0.414 e. The average Bonchev–Trinajstić information content (AvgIpc) is 3.00. The molecular formula is C19H20N2O4. The number of amides is 2. The van der Waals surface area contributed by atoms with Gasteiger partial charge in [0.25, 0.3) is 5.91 Å². The third-order valence-corrected chi connectivity index (χ3v) is 3.83. The van der Waals surface area contributed by atoms with E-state index in [1.54, 1.807) is 17.0 Å². The van der Waals surface area contributed by atoms with Crippen molar-refractivity contribution in [3.8, 4) is 5.75 Å². The molecule has 1 aliphatic heterocycles. The number of hydrogen-bond acceptors (Lipinski definition) is 4. The van der Waals surface area contributed by atoms with Gasteiger partial charge in [0.15, 0.2) is 6.61 Å². The predicted molar refractivity (Wildman–Crippen MR) is 93.7 cm³/mol. The van der Waals surface area contributed by atoms with Crippen LogP contribution in [0.5, 0.6) is 5.75 Å². The first-order valence-electron chi connectivity index (χ1n) is 8.11. The van der Waals surface area contributed by atoms with Crippen LogP contribution in [-0.4, -0.2) is 37.8 Å². The third-order valence-electron chi connectivity index (χ3n) is 3.83. The van der Waals surface area contributed by atoms with Crippen LogP contribution in [0.25, 0.3) is 0 Å². The zero-order valence-electron chi connectivity index (χ0n) is 14.0. The van der Waals surface area contributed by atoms with Gasteiger partial charge in [-0.05, 0) is 36.8 Å². The molecule has 3 rings (SSSR count). The molecule has 25 heavy (non-hydrogen) atoms. The minimum Gasteiger partial charge on any atom is -0.484 e. The lowest BCUT2D eigenvalue weighted by Crippen LogP contribution is -2.37. The molecule has 2 aromatic rings. The van der Waals surface area contributed by atoms with Crippen LogP contribution in [0.15, 0.2) is 54.6 Å². The van der Waals surface area contributed by atoms with E-state index < -0.39 is 6.09 Å². The van der Waals surface area contributed by atoms with Crippen molar-refractivity contribution in [3.63, 3.8) is 0 Å². The number of para-hydroxylation sites is 1. The fourth-order valence-corrected chi connectivity index (χ4v) is 2.58. The number of cyclic esters (lactones) is 1. The molecule has 0 radical (unpaired) electrons. The van der Waals surface area contributed by atoms with Crippen LogP contribution in [-0.2, 0) is 9.53 Å². The van der Waals surface area contributed by atoms with Gasteiger partial charge >= 0.3 is 6.09 Å². The highest BCUT2D eigenvalue weighted by Gasteiger charge is 2.32. The summed E-state index contributed by atoms with van der Waals surface area (Å²) in [5, 5.41) is 2.73. The molecule has 130 valence electrons. The summed E-state index contributed by atoms with van der Waals surface area (Å²) in [6, 6.07) is 16.8. The van der Waals surface area contributed by atoms with E-state index in [9.17, 15) is 9.59 Å². The van der Waals surface area contributed by atoms with Gasteiger partial charge in [-0.2, -0.15) is 0 Å². The van der Waals surface area contributed by atoms with E-state index in [0.717, 1.165) is 11.3 Å². The van der Waals surface area contributed by atoms with E-state index in [-0.39, 0.29) is 25.2 Å². The first-order chi connectivity index (χ1) is 12.1. The summed E-state index contributed by atoms with van der Waals surface area (Å²) >= 11 is 0. The molecule has 1 heterocycles. The van der Waals surface area contributed by atoms with Gasteiger partial charge in [-0.1, -0.05) is 30.3 Å². The van der Waals surface area contributed by atoms with Crippen LogP contribution in [0, 0.1) is 6.92 Å². The number of carbonyl (C=O) groups is 2. The number of hydrogen-bond donors (Lipinski definition) is 1. The third kappa shape index (κ3) is 4.50. The van der Waals surface area contributed by atoms with Crippen LogP contribution < -0.4 is 15.0 Å². The van der Waals surface area contributed by atoms with Gasteiger partial charge in [0, 0.05) is 5.69 Å². The molecule has 0 aromatic heterocycles. The monoisotopic (exact) mass is 340 g/mol. The molecule has 1 saturated heterocycles. The largest absolute Gasteiger partial charge is 0.484 e. The van der Waals surface area contributed by atoms with Crippen molar-refractivity contribution in [3.05, 3.63) is 60.2 Å². The molecule has 1 fully saturated rings. The molecule has 0 spiro atoms. The fourth-order valence-electron chi connectivity index (χ4n) is 2.58. The number of nitrogens with one attached hydrogen (secondary N) is 1. The van der Waals surface area contributed by atoms with Crippen LogP contribution in [0.2, 0.25) is 0 Å². The van der Waals surface area contributed by atoms with Crippen LogP contribution in [0.3, 0.4) is 0 Å². The fraction of sp³-hybridized carbons (Fsp3) is 0.263. The van der Waals surface area contributed by atoms with Crippen LogP contribution in [0.4, 0.5) is 10.5 Å². The second-order valence-corrected chi connectivity index (χ2v) is 5.86. The Labute approximate surface area is 146 Å². The SMILES string of the molecule is Cc1cccc(N2CC(CNC(=O)COc3ccccc3)OC2=O)c1. The Morgan fingerprint density at radius 3 is 2.80 bits per heavy atom. The summed E-state index contributed by atoms with van der Waals surface area (Å²) in [5.74, 6) is 0.379. The number of benzene rings is 2. The molecule has 6 nitrogen and oxygen atoms in total. The summed E-state index contributed by atoms with van der Waals surface area (Å²) in [4.78, 5) is 25.5. The lowest BCUT2D eigenvalue weighted by Gasteiger charge is -2.13. The van der Waals surface area contributed by atoms with Crippen molar-refractivity contribution in [2.75, 3.05) is 24.6 Å². The predicted octanol–water partition coefficient (Wildman–Crippen LogP) is 2.52. The summed E-state index contributed by atoms with van der Waals surface area (Å²) < 4.78 is 10.7. The van der Waals surface area contributed by atoms with E-state index in [4.69, 9.17) is 9.47 Å². The quantitative estimate of drug-likeness (QED) is 0.877. The molecule has 2 aromatic carbocycles. The maximum Gasteiger partial charge on any atom is 0.414 e. The highest BCUT2D eigenvalue weighted by atomic mass is 16.6. The number of rotatable bonds is 6. The highest BCUT2D eigenvalue weighted by Crippen LogP contribution is 2.22. The van der Waals surface area contributed by atoms with Crippen molar-refractivity contribution in [1.82, 2.24) is 5.32 Å². The van der Waals surface area contributed by atoms with Gasteiger partial charge < -0.3 is 14.8 Å². The molecular weight excluding hydrogens is 320 g/mol. The normalized spacial score (nSPS) is 16.4. The summed E-state index contributed by atoms with van der Waals surface area (Å²) in [6.45, 7) is 2.55. The zero-order valence-corrected chi connectivity index (χ0v) is 14.0. The maximum atomic E-state index is 12.0. The van der Waals surface area contributed by atoms with E-state index in [1.165, 1.54) is 0 Å². The van der Waals surface area contributed by atoms with E-state index in [0.29, 0.717) is 12.3 Å². The second-order valence-electron chi connectivity index (χ2n) is 5.86. The Bertz CT molecular complexity index is 748. The van der Waals surface area contributed by atoms with Crippen LogP contribution >= 0.6 is 0 Å². The molecule has 1 N–H and O–H groups in total. The number of aryl methyl sites for hydroxylation is 1. The Kier molecular flexibility index (Phi) is 5.18. The van der Waals surface area contributed by atoms with Crippen molar-refractivity contribution in [2.24, 2.45) is 0 Å². The molecule has 1 aliphatic rings. The number of carbonyl (C=O) groups excluding carboxylic acids is 2. The standard InChI is InChI=1S/C19H20N2O4/c1-14-6-5-7-15(10-14)21-12-17(25-19(21)23)11-20-18(22)13-24-16-8-3-2-4-9-16/h2-10,17H,11-13H2,1H3,(H,20,22). The van der Waals surface area contributed by atoms with Gasteiger partial charge in [0.05, 0.1) is 13.1 Å². The number of nitrogens with zero attached hydrogens (tertiary/aromatic N) is 1. The average molecular weight is 340 g/mol. The van der Waals surface area contributed by atoms with E-state index >= 15 is 0 Å². The van der Waals surface area contributed by atoms with Crippen molar-refractivity contribution in [1.29, 1.82) is 0 Å². The number of ether oxygens (including phenoxy) is 2. The first-order valence-corrected chi connectivity index (χ1v) is 8.11. The van der Waals surface area contributed by atoms with Gasteiger partial charge in [0.2, 0.25) is 0 Å². The topological polar surface area (TPSA) is 67.9 Å². The molecule has 1 atom stereocenters. The summed E-state index contributed by atoms with van der Waals surface area (Å²) in [6.07, 6.45) is -0.779. The maximum absolute atomic E-state index is 12.0. The molecule has 6 heteroatoms. The molecule has 1 unspecified atom stereocenters. The van der Waals surface area contributed by atoms with Crippen molar-refractivity contribution < 1.29 is 19.1 Å². The minimum atomic E-state index is -0.398. The van der Waals surface area contributed by atoms with Gasteiger partial charge in [0.1, 0.15) is 11.9 Å². The lowest BCUT2D eigenvalue weighted by molar-refractivity contribution is -0.123. The first kappa shape index (κ1) is 16.8. The Balaban J connectivity index is 1.46. The Morgan fingerprint density at radius 1 is 1.24 bits per heavy atom. The highest BCUT2D eigenvalue weighted by molar-refractivity contribution is 5.90. The number of anilines is 1. The van der Waals surface area contributed by atoms with E-state index in [2.05, 4.69) is 5.32 Å².